The molecule has 0 spiro atoms. The third kappa shape index (κ3) is 3.26. The van der Waals surface area contributed by atoms with Crippen LogP contribution in [0.15, 0.2) is 35.4 Å². The second kappa shape index (κ2) is 6.81. The van der Waals surface area contributed by atoms with Crippen molar-refractivity contribution < 1.29 is 9.32 Å². The molecule has 128 valence electrons. The SMILES string of the molecule is O=C(NCCc1nc(-c2cccnc2)no1)[C@@H]1NCCc2[nH]cnc21. The molecule has 4 heterocycles. The van der Waals surface area contributed by atoms with Gasteiger partial charge in [-0.15, -0.1) is 0 Å². The van der Waals surface area contributed by atoms with E-state index in [2.05, 4.69) is 35.7 Å². The van der Waals surface area contributed by atoms with Gasteiger partial charge >= 0.3 is 0 Å². The average molecular weight is 339 g/mol. The number of nitrogens with zero attached hydrogens (tertiary/aromatic N) is 4. The largest absolute Gasteiger partial charge is 0.354 e. The molecule has 0 aliphatic carbocycles. The quantitative estimate of drug-likeness (QED) is 0.615. The van der Waals surface area contributed by atoms with Crippen LogP contribution in [0.3, 0.4) is 0 Å². The molecule has 4 rings (SSSR count). The first-order valence-corrected chi connectivity index (χ1v) is 8.07. The molecule has 0 unspecified atom stereocenters. The van der Waals surface area contributed by atoms with Crippen molar-refractivity contribution in [3.63, 3.8) is 0 Å². The van der Waals surface area contributed by atoms with Gasteiger partial charge in [-0.25, -0.2) is 4.98 Å². The van der Waals surface area contributed by atoms with Gasteiger partial charge in [0.05, 0.1) is 12.0 Å². The maximum atomic E-state index is 12.4. The number of fused-ring (bicyclic) bond motifs is 1. The Hall–Kier alpha value is -3.07. The zero-order valence-corrected chi connectivity index (χ0v) is 13.4. The Labute approximate surface area is 143 Å². The second-order valence-corrected chi connectivity index (χ2v) is 5.70. The summed E-state index contributed by atoms with van der Waals surface area (Å²) in [7, 11) is 0. The van der Waals surface area contributed by atoms with Crippen LogP contribution in [0.2, 0.25) is 0 Å². The summed E-state index contributed by atoms with van der Waals surface area (Å²) in [6.45, 7) is 1.15. The van der Waals surface area contributed by atoms with Crippen molar-refractivity contribution in [1.82, 2.24) is 35.7 Å². The van der Waals surface area contributed by atoms with Crippen molar-refractivity contribution in [1.29, 1.82) is 0 Å². The van der Waals surface area contributed by atoms with Gasteiger partial charge in [-0.3, -0.25) is 9.78 Å². The maximum absolute atomic E-state index is 12.4. The first-order chi connectivity index (χ1) is 12.3. The molecule has 9 nitrogen and oxygen atoms in total. The Morgan fingerprint density at radius 1 is 1.44 bits per heavy atom. The molecule has 0 fully saturated rings. The van der Waals surface area contributed by atoms with Gasteiger partial charge in [0, 0.05) is 49.6 Å². The van der Waals surface area contributed by atoms with E-state index in [0.29, 0.717) is 24.7 Å². The lowest BCUT2D eigenvalue weighted by Gasteiger charge is -2.21. The van der Waals surface area contributed by atoms with Crippen LogP contribution >= 0.6 is 0 Å². The zero-order valence-electron chi connectivity index (χ0n) is 13.4. The van der Waals surface area contributed by atoms with E-state index in [1.807, 2.05) is 12.1 Å². The first-order valence-electron chi connectivity index (χ1n) is 8.07. The molecule has 0 radical (unpaired) electrons. The minimum Gasteiger partial charge on any atom is -0.354 e. The molecule has 0 bridgehead atoms. The molecule has 9 heteroatoms. The minimum absolute atomic E-state index is 0.111. The molecule has 0 aromatic carbocycles. The maximum Gasteiger partial charge on any atom is 0.243 e. The summed E-state index contributed by atoms with van der Waals surface area (Å²) in [6, 6.07) is 3.25. The normalized spacial score (nSPS) is 16.4. The van der Waals surface area contributed by atoms with E-state index < -0.39 is 6.04 Å². The van der Waals surface area contributed by atoms with Gasteiger partial charge in [0.25, 0.3) is 0 Å². The van der Waals surface area contributed by atoms with E-state index in [0.717, 1.165) is 29.9 Å². The van der Waals surface area contributed by atoms with Gasteiger partial charge in [-0.2, -0.15) is 4.98 Å². The van der Waals surface area contributed by atoms with E-state index in [-0.39, 0.29) is 5.91 Å². The molecular weight excluding hydrogens is 322 g/mol. The fourth-order valence-corrected chi connectivity index (χ4v) is 2.80. The molecule has 3 aromatic rings. The van der Waals surface area contributed by atoms with E-state index in [9.17, 15) is 4.79 Å². The fourth-order valence-electron chi connectivity index (χ4n) is 2.80. The highest BCUT2D eigenvalue weighted by molar-refractivity contribution is 5.83. The third-order valence-electron chi connectivity index (χ3n) is 4.04. The van der Waals surface area contributed by atoms with E-state index in [1.54, 1.807) is 18.7 Å². The van der Waals surface area contributed by atoms with Crippen LogP contribution in [0, 0.1) is 0 Å². The molecule has 1 amide bonds. The number of nitrogens with one attached hydrogen (secondary N) is 3. The van der Waals surface area contributed by atoms with Crippen LogP contribution in [0.1, 0.15) is 23.3 Å². The number of hydrogen-bond acceptors (Lipinski definition) is 7. The molecule has 3 aromatic heterocycles. The molecule has 0 saturated carbocycles. The Morgan fingerprint density at radius 2 is 2.40 bits per heavy atom. The predicted molar refractivity (Wildman–Crippen MR) is 87.3 cm³/mol. The molecule has 1 aliphatic heterocycles. The van der Waals surface area contributed by atoms with Crippen LogP contribution in [-0.4, -0.2) is 44.1 Å². The number of pyridine rings is 1. The summed E-state index contributed by atoms with van der Waals surface area (Å²) in [5, 5.41) is 10.00. The summed E-state index contributed by atoms with van der Waals surface area (Å²) in [6.07, 6.45) is 6.28. The number of aromatic amines is 1. The van der Waals surface area contributed by atoms with Crippen molar-refractivity contribution in [2.75, 3.05) is 13.1 Å². The number of carbonyl (C=O) groups excluding carboxylic acids is 1. The van der Waals surface area contributed by atoms with E-state index in [4.69, 9.17) is 4.52 Å². The van der Waals surface area contributed by atoms with Gasteiger partial charge in [0.15, 0.2) is 0 Å². The molecular formula is C16H17N7O2. The number of carbonyl (C=O) groups is 1. The zero-order chi connectivity index (χ0) is 17.1. The molecule has 0 saturated heterocycles. The van der Waals surface area contributed by atoms with Gasteiger partial charge in [-0.05, 0) is 12.1 Å². The number of amides is 1. The molecule has 1 aliphatic rings. The lowest BCUT2D eigenvalue weighted by atomic mass is 10.1. The average Bonchev–Trinajstić information content (AvgIpc) is 3.31. The summed E-state index contributed by atoms with van der Waals surface area (Å²) >= 11 is 0. The minimum atomic E-state index is -0.427. The van der Waals surface area contributed by atoms with Gasteiger partial charge in [0.1, 0.15) is 6.04 Å². The summed E-state index contributed by atoms with van der Waals surface area (Å²) in [5.74, 6) is 0.848. The number of hydrogen-bond donors (Lipinski definition) is 3. The summed E-state index contributed by atoms with van der Waals surface area (Å²) in [5.41, 5.74) is 2.57. The Bertz CT molecular complexity index is 858. The van der Waals surface area contributed by atoms with Crippen molar-refractivity contribution in [3.05, 3.63) is 48.1 Å². The topological polar surface area (TPSA) is 122 Å². The fraction of sp³-hybridized carbons (Fsp3) is 0.312. The van der Waals surface area contributed by atoms with E-state index in [1.165, 1.54) is 0 Å². The summed E-state index contributed by atoms with van der Waals surface area (Å²) in [4.78, 5) is 28.0. The smallest absolute Gasteiger partial charge is 0.243 e. The van der Waals surface area contributed by atoms with Gasteiger partial charge in [-0.1, -0.05) is 5.16 Å². The highest BCUT2D eigenvalue weighted by Crippen LogP contribution is 2.19. The van der Waals surface area contributed by atoms with Crippen molar-refractivity contribution >= 4 is 5.91 Å². The highest BCUT2D eigenvalue weighted by Gasteiger charge is 2.28. The van der Waals surface area contributed by atoms with Crippen LogP contribution in [0.5, 0.6) is 0 Å². The van der Waals surface area contributed by atoms with Crippen molar-refractivity contribution in [2.45, 2.75) is 18.9 Å². The Kier molecular flexibility index (Phi) is 4.21. The standard InChI is InChI=1S/C16H17N7O2/c24-16(14-13-11(3-6-18-14)20-9-21-13)19-7-4-12-22-15(23-25-12)10-2-1-5-17-8-10/h1-2,5,8-9,14,18H,3-4,6-7H2,(H,19,24)(H,20,21)/t14-/m1/s1. The van der Waals surface area contributed by atoms with Crippen LogP contribution in [0.25, 0.3) is 11.4 Å². The van der Waals surface area contributed by atoms with Crippen LogP contribution in [-0.2, 0) is 17.6 Å². The lowest BCUT2D eigenvalue weighted by molar-refractivity contribution is -0.123. The number of rotatable bonds is 5. The molecule has 1 atom stereocenters. The van der Waals surface area contributed by atoms with Crippen molar-refractivity contribution in [2.24, 2.45) is 0 Å². The highest BCUT2D eigenvalue weighted by atomic mass is 16.5. The van der Waals surface area contributed by atoms with E-state index >= 15 is 0 Å². The van der Waals surface area contributed by atoms with Crippen LogP contribution < -0.4 is 10.6 Å². The third-order valence-corrected chi connectivity index (χ3v) is 4.04. The summed E-state index contributed by atoms with van der Waals surface area (Å²) < 4.78 is 5.22. The Morgan fingerprint density at radius 3 is 3.28 bits per heavy atom. The van der Waals surface area contributed by atoms with Crippen LogP contribution in [0.4, 0.5) is 0 Å². The number of aromatic nitrogens is 5. The first kappa shape index (κ1) is 15.5. The monoisotopic (exact) mass is 339 g/mol. The van der Waals surface area contributed by atoms with Gasteiger partial charge < -0.3 is 20.1 Å². The molecule has 3 N–H and O–H groups in total. The predicted octanol–water partition coefficient (Wildman–Crippen LogP) is 0.400. The Balaban J connectivity index is 1.33. The number of H-pyrrole nitrogens is 1. The van der Waals surface area contributed by atoms with Gasteiger partial charge in [0.2, 0.25) is 17.6 Å². The van der Waals surface area contributed by atoms with Crippen molar-refractivity contribution in [3.8, 4) is 11.4 Å². The molecule has 25 heavy (non-hydrogen) atoms. The second-order valence-electron chi connectivity index (χ2n) is 5.70. The lowest BCUT2D eigenvalue weighted by Crippen LogP contribution is -2.42. The number of imidazole rings is 1.